The van der Waals surface area contributed by atoms with Crippen LogP contribution in [0.1, 0.15) is 31.7 Å². The zero-order chi connectivity index (χ0) is 19.0. The molecule has 27 heavy (non-hydrogen) atoms. The molecule has 1 saturated carbocycles. The topological polar surface area (TPSA) is 63.4 Å². The third-order valence-corrected chi connectivity index (χ3v) is 7.03. The van der Waals surface area contributed by atoms with Crippen LogP contribution < -0.4 is 5.73 Å². The minimum atomic E-state index is -0.667. The van der Waals surface area contributed by atoms with Crippen molar-refractivity contribution in [1.29, 1.82) is 0 Å². The summed E-state index contributed by atoms with van der Waals surface area (Å²) in [4.78, 5) is 28.3. The van der Waals surface area contributed by atoms with Gasteiger partial charge in [0.2, 0.25) is 11.8 Å². The number of hydrogen-bond acceptors (Lipinski definition) is 3. The first kappa shape index (κ1) is 18.2. The van der Waals surface area contributed by atoms with Crippen LogP contribution in [0.4, 0.5) is 0 Å². The van der Waals surface area contributed by atoms with Crippen molar-refractivity contribution in [3.63, 3.8) is 0 Å². The van der Waals surface area contributed by atoms with E-state index in [2.05, 4.69) is 36.6 Å². The summed E-state index contributed by atoms with van der Waals surface area (Å²) in [6, 6.07) is 12.5. The number of carbonyl (C=O) groups excluding carboxylic acids is 2. The van der Waals surface area contributed by atoms with E-state index >= 15 is 0 Å². The summed E-state index contributed by atoms with van der Waals surface area (Å²) in [5.74, 6) is 0.547. The lowest BCUT2D eigenvalue weighted by molar-refractivity contribution is -0.141. The molecule has 1 aromatic carbocycles. The second kappa shape index (κ2) is 7.12. The third-order valence-electron chi connectivity index (χ3n) is 6.11. The highest BCUT2D eigenvalue weighted by molar-refractivity contribution is 7.13. The molecule has 1 aromatic heterocycles. The molecule has 2 aromatic rings. The van der Waals surface area contributed by atoms with Gasteiger partial charge in [-0.2, -0.15) is 0 Å². The van der Waals surface area contributed by atoms with E-state index in [9.17, 15) is 9.59 Å². The molecule has 1 saturated heterocycles. The molecule has 2 heterocycles. The highest BCUT2D eigenvalue weighted by Gasteiger charge is 2.47. The zero-order valence-corrected chi connectivity index (χ0v) is 16.5. The number of primary amides is 1. The standard InChI is InChI=1S/C22H26N2O2S/c1-15-11-18(15)20(25)24-9-4-8-22(14-24,21(23)26)13-16-5-2-6-17(12-16)19-7-3-10-27-19/h2-3,5-7,10,12,15,18H,4,8-9,11,13-14H2,1H3,(H2,23,26)/t15-,18-,22+/m1/s1. The van der Waals surface area contributed by atoms with Gasteiger partial charge < -0.3 is 10.6 Å². The summed E-state index contributed by atoms with van der Waals surface area (Å²) in [6.45, 7) is 3.31. The minimum Gasteiger partial charge on any atom is -0.369 e. The molecule has 3 atom stereocenters. The maximum atomic E-state index is 12.7. The Morgan fingerprint density at radius 3 is 2.78 bits per heavy atom. The van der Waals surface area contributed by atoms with Gasteiger partial charge in [0.15, 0.2) is 0 Å². The van der Waals surface area contributed by atoms with E-state index in [0.717, 1.165) is 36.9 Å². The van der Waals surface area contributed by atoms with E-state index in [1.807, 2.05) is 17.0 Å². The molecule has 0 bridgehead atoms. The number of rotatable bonds is 5. The first-order valence-electron chi connectivity index (χ1n) is 9.70. The van der Waals surface area contributed by atoms with Crippen LogP contribution in [-0.2, 0) is 16.0 Å². The lowest BCUT2D eigenvalue weighted by atomic mass is 9.74. The Balaban J connectivity index is 1.56. The van der Waals surface area contributed by atoms with Crippen LogP contribution in [0.3, 0.4) is 0 Å². The first-order chi connectivity index (χ1) is 13.0. The zero-order valence-electron chi connectivity index (χ0n) is 15.7. The Hall–Kier alpha value is -2.14. The fraction of sp³-hybridized carbons (Fsp3) is 0.455. The van der Waals surface area contributed by atoms with E-state index < -0.39 is 5.41 Å². The van der Waals surface area contributed by atoms with Gasteiger partial charge in [-0.05, 0) is 54.2 Å². The van der Waals surface area contributed by atoms with Crippen molar-refractivity contribution in [2.24, 2.45) is 23.0 Å². The highest BCUT2D eigenvalue weighted by Crippen LogP contribution is 2.42. The van der Waals surface area contributed by atoms with Gasteiger partial charge in [-0.1, -0.05) is 37.3 Å². The summed E-state index contributed by atoms with van der Waals surface area (Å²) in [5.41, 5.74) is 7.49. The third kappa shape index (κ3) is 3.65. The largest absolute Gasteiger partial charge is 0.369 e. The van der Waals surface area contributed by atoms with Gasteiger partial charge in [-0.15, -0.1) is 11.3 Å². The van der Waals surface area contributed by atoms with E-state index in [-0.39, 0.29) is 17.7 Å². The first-order valence-corrected chi connectivity index (χ1v) is 10.6. The second-order valence-electron chi connectivity index (χ2n) is 8.18. The quantitative estimate of drug-likeness (QED) is 0.857. The monoisotopic (exact) mass is 382 g/mol. The Morgan fingerprint density at radius 2 is 2.11 bits per heavy atom. The summed E-state index contributed by atoms with van der Waals surface area (Å²) < 4.78 is 0. The van der Waals surface area contributed by atoms with E-state index in [4.69, 9.17) is 5.73 Å². The summed E-state index contributed by atoms with van der Waals surface area (Å²) in [5, 5.41) is 2.07. The highest BCUT2D eigenvalue weighted by atomic mass is 32.1. The molecular formula is C22H26N2O2S. The van der Waals surface area contributed by atoms with E-state index in [1.54, 1.807) is 11.3 Å². The lowest BCUT2D eigenvalue weighted by Crippen LogP contribution is -2.53. The smallest absolute Gasteiger partial charge is 0.225 e. The molecule has 0 spiro atoms. The molecule has 2 fully saturated rings. The average Bonchev–Trinajstić information content (AvgIpc) is 3.16. The van der Waals surface area contributed by atoms with Crippen LogP contribution in [0, 0.1) is 17.3 Å². The Bertz CT molecular complexity index is 848. The molecule has 5 heteroatoms. The molecule has 0 unspecified atom stereocenters. The van der Waals surface area contributed by atoms with Gasteiger partial charge >= 0.3 is 0 Å². The van der Waals surface area contributed by atoms with Crippen molar-refractivity contribution < 1.29 is 9.59 Å². The number of nitrogens with zero attached hydrogens (tertiary/aromatic N) is 1. The van der Waals surface area contributed by atoms with Crippen molar-refractivity contribution >= 4 is 23.2 Å². The fourth-order valence-electron chi connectivity index (χ4n) is 4.32. The molecular weight excluding hydrogens is 356 g/mol. The van der Waals surface area contributed by atoms with Crippen LogP contribution in [0.15, 0.2) is 41.8 Å². The molecule has 0 radical (unpaired) electrons. The molecule has 1 aliphatic heterocycles. The van der Waals surface area contributed by atoms with Gasteiger partial charge in [0.05, 0.1) is 5.41 Å². The van der Waals surface area contributed by atoms with Crippen LogP contribution in [0.5, 0.6) is 0 Å². The van der Waals surface area contributed by atoms with Gasteiger partial charge in [0.1, 0.15) is 0 Å². The molecule has 2 aliphatic rings. The van der Waals surface area contributed by atoms with Crippen LogP contribution in [-0.4, -0.2) is 29.8 Å². The predicted octanol–water partition coefficient (Wildman–Crippen LogP) is 3.71. The summed E-state index contributed by atoms with van der Waals surface area (Å²) in [7, 11) is 0. The van der Waals surface area contributed by atoms with E-state index in [1.165, 1.54) is 4.88 Å². The number of nitrogens with two attached hydrogens (primary N) is 1. The maximum absolute atomic E-state index is 12.7. The number of amides is 2. The molecule has 2 amide bonds. The van der Waals surface area contributed by atoms with Crippen molar-refractivity contribution in [2.75, 3.05) is 13.1 Å². The van der Waals surface area contributed by atoms with Gasteiger partial charge in [-0.25, -0.2) is 0 Å². The van der Waals surface area contributed by atoms with Gasteiger partial charge in [-0.3, -0.25) is 9.59 Å². The van der Waals surface area contributed by atoms with Crippen molar-refractivity contribution in [1.82, 2.24) is 4.90 Å². The molecule has 4 nitrogen and oxygen atoms in total. The lowest BCUT2D eigenvalue weighted by Gasteiger charge is -2.41. The Labute approximate surface area is 164 Å². The van der Waals surface area contributed by atoms with Crippen molar-refractivity contribution in [3.8, 4) is 10.4 Å². The Morgan fingerprint density at radius 1 is 1.30 bits per heavy atom. The average molecular weight is 383 g/mol. The SMILES string of the molecule is C[C@@H]1C[C@H]1C(=O)N1CCC[C@@](Cc2cccc(-c3cccs3)c2)(C(N)=O)C1. The van der Waals surface area contributed by atoms with Crippen LogP contribution in [0.2, 0.25) is 0 Å². The number of hydrogen-bond donors (Lipinski definition) is 1. The second-order valence-corrected chi connectivity index (χ2v) is 9.13. The Kier molecular flexibility index (Phi) is 4.81. The van der Waals surface area contributed by atoms with Crippen molar-refractivity contribution in [3.05, 3.63) is 47.3 Å². The van der Waals surface area contributed by atoms with Crippen molar-refractivity contribution in [2.45, 2.75) is 32.6 Å². The fourth-order valence-corrected chi connectivity index (χ4v) is 5.05. The molecule has 1 aliphatic carbocycles. The number of carbonyl (C=O) groups is 2. The van der Waals surface area contributed by atoms with Crippen LogP contribution >= 0.6 is 11.3 Å². The van der Waals surface area contributed by atoms with Gasteiger partial charge in [0.25, 0.3) is 0 Å². The van der Waals surface area contributed by atoms with Crippen LogP contribution in [0.25, 0.3) is 10.4 Å². The van der Waals surface area contributed by atoms with E-state index in [0.29, 0.717) is 18.9 Å². The molecule has 2 N–H and O–H groups in total. The predicted molar refractivity (Wildman–Crippen MR) is 108 cm³/mol. The van der Waals surface area contributed by atoms with Gasteiger partial charge in [0, 0.05) is 23.9 Å². The summed E-state index contributed by atoms with van der Waals surface area (Å²) in [6.07, 6.45) is 3.14. The summed E-state index contributed by atoms with van der Waals surface area (Å²) >= 11 is 1.71. The minimum absolute atomic E-state index is 0.149. The number of benzene rings is 1. The molecule has 142 valence electrons. The normalized spacial score (nSPS) is 27.4. The number of thiophene rings is 1. The maximum Gasteiger partial charge on any atom is 0.225 e. The number of likely N-dealkylation sites (tertiary alicyclic amines) is 1. The molecule has 4 rings (SSSR count). The number of piperidine rings is 1.